The van der Waals surface area contributed by atoms with Crippen LogP contribution in [0.4, 0.5) is 0 Å². The van der Waals surface area contributed by atoms with Crippen molar-refractivity contribution < 1.29 is 5.11 Å². The molecule has 3 aromatic rings. The topological polar surface area (TPSA) is 20.2 Å². The van der Waals surface area contributed by atoms with Crippen LogP contribution >= 0.6 is 39.7 Å². The summed E-state index contributed by atoms with van der Waals surface area (Å²) in [7, 11) is 0. The van der Waals surface area contributed by atoms with Gasteiger partial charge in [-0.3, -0.25) is 0 Å². The Morgan fingerprint density at radius 3 is 1.32 bits per heavy atom. The fraction of sp³-hybridized carbons (Fsp3) is 0.308. The molecule has 0 aromatic heterocycles. The van der Waals surface area contributed by atoms with Crippen LogP contribution in [0.5, 0.6) is 5.75 Å². The molecule has 31 heavy (non-hydrogen) atoms. The summed E-state index contributed by atoms with van der Waals surface area (Å²) in [5.74, 6) is -0.805. The van der Waals surface area contributed by atoms with Crippen LogP contribution in [0.15, 0.2) is 78.9 Å². The molecule has 0 aliphatic heterocycles. The number of hydrogen-bond acceptors (Lipinski definition) is 1. The Labute approximate surface area is 203 Å². The lowest BCUT2D eigenvalue weighted by Crippen LogP contribution is -2.16. The highest BCUT2D eigenvalue weighted by Crippen LogP contribution is 2.51. The second-order valence-electron chi connectivity index (χ2n) is 9.16. The highest BCUT2D eigenvalue weighted by atomic mass is 36.0. The van der Waals surface area contributed by atoms with Crippen molar-refractivity contribution in [3.63, 3.8) is 0 Å². The Morgan fingerprint density at radius 1 is 0.613 bits per heavy atom. The van der Waals surface area contributed by atoms with Gasteiger partial charge in [0, 0.05) is 0 Å². The molecule has 0 aliphatic rings. The fourth-order valence-electron chi connectivity index (χ4n) is 2.86. The van der Waals surface area contributed by atoms with Gasteiger partial charge in [0.2, 0.25) is 0 Å². The molecule has 0 unspecified atom stereocenters. The summed E-state index contributed by atoms with van der Waals surface area (Å²) in [6.07, 6.45) is 0. The number of halogens is 3. The van der Waals surface area contributed by atoms with Crippen LogP contribution in [0, 0.1) is 0 Å². The summed E-state index contributed by atoms with van der Waals surface area (Å²) in [5.41, 5.74) is 4.97. The zero-order chi connectivity index (χ0) is 23.7. The number of benzene rings is 3. The quantitative estimate of drug-likeness (QED) is 0.331. The van der Waals surface area contributed by atoms with E-state index in [9.17, 15) is 5.11 Å². The molecular formula is C26H32Cl3OP. The standard InChI is InChI=1S/C14H22O.C12H10.Cl3P/c1-13(2,3)10-7-8-12(15)11(9-10)14(4,5)6;1-3-7-11(8-4-1)12-9-5-2-6-10-12;1-4(2)3/h7-9,15H,1-6H3;1-10H;. The summed E-state index contributed by atoms with van der Waals surface area (Å²) < 4.78 is 0. The molecule has 0 heterocycles. The maximum absolute atomic E-state index is 9.84. The Balaban J connectivity index is 0.000000269. The molecule has 1 nitrogen and oxygen atoms in total. The summed E-state index contributed by atoms with van der Waals surface area (Å²) in [6, 6.07) is 26.7. The van der Waals surface area contributed by atoms with Gasteiger partial charge < -0.3 is 5.11 Å². The molecule has 0 radical (unpaired) electrons. The minimum absolute atomic E-state index is 0.00859. The molecule has 0 spiro atoms. The van der Waals surface area contributed by atoms with Crippen LogP contribution in [0.3, 0.4) is 0 Å². The van der Waals surface area contributed by atoms with Gasteiger partial charge >= 0.3 is 0 Å². The van der Waals surface area contributed by atoms with Gasteiger partial charge in [-0.1, -0.05) is 148 Å². The van der Waals surface area contributed by atoms with Crippen molar-refractivity contribution in [2.24, 2.45) is 0 Å². The van der Waals surface area contributed by atoms with E-state index in [-0.39, 0.29) is 10.8 Å². The van der Waals surface area contributed by atoms with Crippen molar-refractivity contribution in [3.05, 3.63) is 90.0 Å². The first-order chi connectivity index (χ1) is 14.3. The lowest BCUT2D eigenvalue weighted by molar-refractivity contribution is 0.444. The second kappa shape index (κ2) is 12.7. The monoisotopic (exact) mass is 496 g/mol. The number of rotatable bonds is 1. The van der Waals surface area contributed by atoms with Gasteiger partial charge in [-0.2, -0.15) is 0 Å². The molecule has 0 amide bonds. The predicted molar refractivity (Wildman–Crippen MR) is 142 cm³/mol. The van der Waals surface area contributed by atoms with E-state index < -0.39 is 5.98 Å². The van der Waals surface area contributed by atoms with Crippen molar-refractivity contribution in [1.82, 2.24) is 0 Å². The highest BCUT2D eigenvalue weighted by Gasteiger charge is 2.21. The average molecular weight is 498 g/mol. The Kier molecular flexibility index (Phi) is 11.4. The third-order valence-electron chi connectivity index (χ3n) is 4.55. The van der Waals surface area contributed by atoms with E-state index >= 15 is 0 Å². The van der Waals surface area contributed by atoms with Crippen molar-refractivity contribution in [2.75, 3.05) is 0 Å². The Hall–Kier alpha value is -1.24. The molecule has 1 N–H and O–H groups in total. The van der Waals surface area contributed by atoms with E-state index in [1.807, 2.05) is 18.2 Å². The molecule has 0 bridgehead atoms. The Bertz CT molecular complexity index is 859. The van der Waals surface area contributed by atoms with Crippen LogP contribution in [0.2, 0.25) is 0 Å². The van der Waals surface area contributed by atoms with Crippen LogP contribution in [-0.2, 0) is 10.8 Å². The minimum atomic E-state index is -1.20. The summed E-state index contributed by atoms with van der Waals surface area (Å²) >= 11 is 14.6. The minimum Gasteiger partial charge on any atom is -0.508 e. The summed E-state index contributed by atoms with van der Waals surface area (Å²) in [6.45, 7) is 12.9. The van der Waals surface area contributed by atoms with Crippen molar-refractivity contribution in [3.8, 4) is 16.9 Å². The van der Waals surface area contributed by atoms with E-state index in [0.717, 1.165) is 5.56 Å². The first kappa shape index (κ1) is 27.8. The zero-order valence-corrected chi connectivity index (χ0v) is 22.2. The van der Waals surface area contributed by atoms with E-state index in [2.05, 4.69) is 96.1 Å². The van der Waals surface area contributed by atoms with Crippen molar-refractivity contribution >= 4 is 39.7 Å². The van der Waals surface area contributed by atoms with Gasteiger partial charge in [0.15, 0.2) is 5.98 Å². The van der Waals surface area contributed by atoms with Crippen LogP contribution in [-0.4, -0.2) is 5.11 Å². The molecule has 0 atom stereocenters. The number of hydrogen-bond donors (Lipinski definition) is 1. The molecule has 5 heteroatoms. The number of phenolic OH excluding ortho intramolecular Hbond substituents is 1. The molecule has 168 valence electrons. The first-order valence-electron chi connectivity index (χ1n) is 10.0. The number of phenols is 1. The molecular weight excluding hydrogens is 466 g/mol. The number of aromatic hydroxyl groups is 1. The lowest BCUT2D eigenvalue weighted by Gasteiger charge is -2.25. The second-order valence-corrected chi connectivity index (χ2v) is 14.1. The molecule has 0 saturated heterocycles. The predicted octanol–water partition coefficient (Wildman–Crippen LogP) is 10.3. The zero-order valence-electron chi connectivity index (χ0n) is 19.0. The van der Waals surface area contributed by atoms with Crippen LogP contribution < -0.4 is 0 Å². The molecule has 3 aromatic carbocycles. The van der Waals surface area contributed by atoms with Crippen molar-refractivity contribution in [2.45, 2.75) is 52.4 Å². The van der Waals surface area contributed by atoms with Gasteiger partial charge in [0.05, 0.1) is 0 Å². The third-order valence-corrected chi connectivity index (χ3v) is 4.55. The SMILES string of the molecule is CC(C)(C)c1ccc(O)c(C(C)(C)C)c1.ClP(Cl)Cl.c1ccc(-c2ccccc2)cc1. The molecule has 3 rings (SSSR count). The third kappa shape index (κ3) is 10.8. The van der Waals surface area contributed by atoms with Crippen molar-refractivity contribution in [1.29, 1.82) is 0 Å². The first-order valence-corrected chi connectivity index (χ1v) is 14.1. The van der Waals surface area contributed by atoms with Crippen LogP contribution in [0.1, 0.15) is 52.7 Å². The normalized spacial score (nSPS) is 11.2. The Morgan fingerprint density at radius 2 is 1.00 bits per heavy atom. The van der Waals surface area contributed by atoms with Crippen LogP contribution in [0.25, 0.3) is 11.1 Å². The van der Waals surface area contributed by atoms with Gasteiger partial charge in [0.1, 0.15) is 5.75 Å². The van der Waals surface area contributed by atoms with Gasteiger partial charge in [-0.25, -0.2) is 0 Å². The van der Waals surface area contributed by atoms with E-state index in [0.29, 0.717) is 5.75 Å². The summed E-state index contributed by atoms with van der Waals surface area (Å²) in [5, 5.41) is 9.84. The maximum atomic E-state index is 9.84. The van der Waals surface area contributed by atoms with E-state index in [4.69, 9.17) is 33.7 Å². The van der Waals surface area contributed by atoms with Gasteiger partial charge in [-0.05, 0) is 39.2 Å². The fourth-order valence-corrected chi connectivity index (χ4v) is 2.86. The van der Waals surface area contributed by atoms with E-state index in [1.165, 1.54) is 16.7 Å². The summed E-state index contributed by atoms with van der Waals surface area (Å²) in [4.78, 5) is 0. The molecule has 0 aliphatic carbocycles. The van der Waals surface area contributed by atoms with Gasteiger partial charge in [-0.15, -0.1) is 0 Å². The molecule has 0 fully saturated rings. The smallest absolute Gasteiger partial charge is 0.179 e. The highest BCUT2D eigenvalue weighted by molar-refractivity contribution is 8.20. The lowest BCUT2D eigenvalue weighted by atomic mass is 9.80. The maximum Gasteiger partial charge on any atom is 0.179 e. The largest absolute Gasteiger partial charge is 0.508 e. The molecule has 0 saturated carbocycles. The average Bonchev–Trinajstić information content (AvgIpc) is 2.68. The van der Waals surface area contributed by atoms with E-state index in [1.54, 1.807) is 6.07 Å². The van der Waals surface area contributed by atoms with Gasteiger partial charge in [0.25, 0.3) is 0 Å².